The number of aliphatic hydroxyl groups excluding tert-OH is 1. The van der Waals surface area contributed by atoms with Crippen LogP contribution in [0.25, 0.3) is 10.9 Å². The Bertz CT molecular complexity index is 1440. The molecule has 0 unspecified atom stereocenters. The number of fused-ring (bicyclic) bond motifs is 1. The summed E-state index contributed by atoms with van der Waals surface area (Å²) in [5, 5.41) is 14.3. The smallest absolute Gasteiger partial charge is 0.354 e. The van der Waals surface area contributed by atoms with Gasteiger partial charge in [0.2, 0.25) is 5.91 Å². The van der Waals surface area contributed by atoms with Crippen LogP contribution in [0.2, 0.25) is 0 Å². The number of carbonyl (C=O) groups excluding carboxylic acids is 2. The Morgan fingerprint density at radius 1 is 0.902 bits per heavy atom. The standard InChI is InChI=1S/C35H40N2O4/c1-2-41-35(40)32-22-29-16-10-11-17-31(29)37(32)23-25-18-20-28(21-19-25)33(27-14-6-3-4-7-15-27)34(39)36-30(24-38)26-12-8-5-9-13-26/h5,8-13,16-22,27,30,33,38H,2-4,6-7,14-15,23-24H2,1H3,(H,36,39)/t30-,33-/m0/s1. The van der Waals surface area contributed by atoms with Crippen molar-refractivity contribution in [1.82, 2.24) is 9.88 Å². The summed E-state index contributed by atoms with van der Waals surface area (Å²) >= 11 is 0. The molecule has 1 saturated carbocycles. The molecule has 1 aliphatic carbocycles. The van der Waals surface area contributed by atoms with Gasteiger partial charge in [-0.15, -0.1) is 0 Å². The molecule has 1 aliphatic rings. The average Bonchev–Trinajstić information content (AvgIpc) is 3.16. The van der Waals surface area contributed by atoms with E-state index in [0.717, 1.165) is 53.3 Å². The van der Waals surface area contributed by atoms with Crippen molar-refractivity contribution in [3.63, 3.8) is 0 Å². The Labute approximate surface area is 242 Å². The van der Waals surface area contributed by atoms with Crippen molar-refractivity contribution < 1.29 is 19.4 Å². The number of aliphatic hydroxyl groups is 1. The lowest BCUT2D eigenvalue weighted by Gasteiger charge is -2.28. The molecule has 0 bridgehead atoms. The minimum Gasteiger partial charge on any atom is -0.461 e. The van der Waals surface area contributed by atoms with E-state index in [2.05, 4.69) is 29.6 Å². The van der Waals surface area contributed by atoms with Crippen LogP contribution in [0.1, 0.15) is 84.6 Å². The van der Waals surface area contributed by atoms with Crippen molar-refractivity contribution in [2.45, 2.75) is 64.0 Å². The second-order valence-corrected chi connectivity index (χ2v) is 11.0. The maximum absolute atomic E-state index is 13.9. The van der Waals surface area contributed by atoms with Crippen molar-refractivity contribution in [2.75, 3.05) is 13.2 Å². The van der Waals surface area contributed by atoms with Gasteiger partial charge < -0.3 is 19.7 Å². The van der Waals surface area contributed by atoms with E-state index in [1.54, 1.807) is 0 Å². The highest BCUT2D eigenvalue weighted by Gasteiger charge is 2.32. The third kappa shape index (κ3) is 6.71. The van der Waals surface area contributed by atoms with Gasteiger partial charge in [0.15, 0.2) is 0 Å². The monoisotopic (exact) mass is 552 g/mol. The molecule has 1 heterocycles. The second kappa shape index (κ2) is 13.6. The van der Waals surface area contributed by atoms with Gasteiger partial charge in [-0.2, -0.15) is 0 Å². The number of nitrogens with zero attached hydrogens (tertiary/aromatic N) is 1. The normalized spacial score (nSPS) is 15.7. The van der Waals surface area contributed by atoms with E-state index >= 15 is 0 Å². The fraction of sp³-hybridized carbons (Fsp3) is 0.371. The van der Waals surface area contributed by atoms with Gasteiger partial charge in [0, 0.05) is 17.4 Å². The Balaban J connectivity index is 1.42. The van der Waals surface area contributed by atoms with Crippen LogP contribution < -0.4 is 5.32 Å². The number of hydrogen-bond donors (Lipinski definition) is 2. The van der Waals surface area contributed by atoms with Gasteiger partial charge in [0.05, 0.1) is 25.2 Å². The molecule has 0 saturated heterocycles. The minimum atomic E-state index is -0.445. The maximum Gasteiger partial charge on any atom is 0.354 e. The molecular weight excluding hydrogens is 512 g/mol. The highest BCUT2D eigenvalue weighted by Crippen LogP contribution is 2.36. The van der Waals surface area contributed by atoms with Crippen LogP contribution in [0, 0.1) is 5.92 Å². The Hall–Kier alpha value is -3.90. The van der Waals surface area contributed by atoms with Crippen LogP contribution in [0.3, 0.4) is 0 Å². The van der Waals surface area contributed by atoms with Gasteiger partial charge in [-0.25, -0.2) is 4.79 Å². The Morgan fingerprint density at radius 2 is 1.59 bits per heavy atom. The number of nitrogens with one attached hydrogen (secondary N) is 1. The Kier molecular flexibility index (Phi) is 9.52. The predicted molar refractivity (Wildman–Crippen MR) is 162 cm³/mol. The number of benzene rings is 3. The van der Waals surface area contributed by atoms with E-state index in [4.69, 9.17) is 4.74 Å². The molecule has 5 rings (SSSR count). The zero-order valence-corrected chi connectivity index (χ0v) is 23.8. The zero-order chi connectivity index (χ0) is 28.6. The average molecular weight is 553 g/mol. The number of aromatic nitrogens is 1. The van der Waals surface area contributed by atoms with Crippen LogP contribution in [-0.2, 0) is 16.1 Å². The first-order valence-electron chi connectivity index (χ1n) is 14.9. The van der Waals surface area contributed by atoms with E-state index in [0.29, 0.717) is 18.8 Å². The van der Waals surface area contributed by atoms with Gasteiger partial charge in [0.1, 0.15) is 5.69 Å². The molecule has 4 aromatic rings. The third-order valence-corrected chi connectivity index (χ3v) is 8.33. The van der Waals surface area contributed by atoms with Crippen LogP contribution in [0.4, 0.5) is 0 Å². The van der Waals surface area contributed by atoms with E-state index in [-0.39, 0.29) is 30.3 Å². The summed E-state index contributed by atoms with van der Waals surface area (Å²) in [4.78, 5) is 26.6. The lowest BCUT2D eigenvalue weighted by molar-refractivity contribution is -0.125. The summed E-state index contributed by atoms with van der Waals surface area (Å²) in [5.41, 5.74) is 4.44. The number of esters is 1. The first kappa shape index (κ1) is 28.6. The van der Waals surface area contributed by atoms with Gasteiger partial charge in [-0.05, 0) is 54.5 Å². The summed E-state index contributed by atoms with van der Waals surface area (Å²) in [6.07, 6.45) is 6.72. The fourth-order valence-corrected chi connectivity index (χ4v) is 6.23. The van der Waals surface area contributed by atoms with Crippen LogP contribution in [0.5, 0.6) is 0 Å². The topological polar surface area (TPSA) is 80.6 Å². The predicted octanol–water partition coefficient (Wildman–Crippen LogP) is 6.77. The van der Waals surface area contributed by atoms with Crippen LogP contribution in [-0.4, -0.2) is 34.8 Å². The quantitative estimate of drug-likeness (QED) is 0.168. The first-order chi connectivity index (χ1) is 20.1. The van der Waals surface area contributed by atoms with Crippen LogP contribution >= 0.6 is 0 Å². The lowest BCUT2D eigenvalue weighted by atomic mass is 9.80. The van der Waals surface area contributed by atoms with Crippen molar-refractivity contribution in [3.8, 4) is 0 Å². The molecule has 2 atom stereocenters. The van der Waals surface area contributed by atoms with Crippen molar-refractivity contribution in [2.24, 2.45) is 5.92 Å². The first-order valence-corrected chi connectivity index (χ1v) is 14.9. The molecule has 1 aromatic heterocycles. The molecule has 214 valence electrons. The number of ether oxygens (including phenoxy) is 1. The van der Waals surface area contributed by atoms with Gasteiger partial charge in [0.25, 0.3) is 0 Å². The fourth-order valence-electron chi connectivity index (χ4n) is 6.23. The summed E-state index contributed by atoms with van der Waals surface area (Å²) in [5.74, 6) is -0.402. The molecule has 6 nitrogen and oxygen atoms in total. The molecule has 0 spiro atoms. The highest BCUT2D eigenvalue weighted by atomic mass is 16.5. The molecular formula is C35H40N2O4. The summed E-state index contributed by atoms with van der Waals surface area (Å²) < 4.78 is 7.34. The lowest BCUT2D eigenvalue weighted by Crippen LogP contribution is -2.37. The van der Waals surface area contributed by atoms with E-state index in [1.165, 1.54) is 12.8 Å². The van der Waals surface area contributed by atoms with Gasteiger partial charge in [-0.1, -0.05) is 98.5 Å². The number of para-hydroxylation sites is 1. The second-order valence-electron chi connectivity index (χ2n) is 11.0. The molecule has 0 radical (unpaired) electrons. The molecule has 2 N–H and O–H groups in total. The summed E-state index contributed by atoms with van der Waals surface area (Å²) in [6, 6.07) is 27.3. The summed E-state index contributed by atoms with van der Waals surface area (Å²) in [7, 11) is 0. The molecule has 0 aliphatic heterocycles. The number of rotatable bonds is 10. The number of amides is 1. The summed E-state index contributed by atoms with van der Waals surface area (Å²) in [6.45, 7) is 2.50. The molecule has 41 heavy (non-hydrogen) atoms. The molecule has 3 aromatic carbocycles. The van der Waals surface area contributed by atoms with E-state index < -0.39 is 6.04 Å². The molecule has 1 amide bonds. The van der Waals surface area contributed by atoms with Gasteiger partial charge in [-0.3, -0.25) is 4.79 Å². The van der Waals surface area contributed by atoms with E-state index in [1.807, 2.05) is 72.2 Å². The number of carbonyl (C=O) groups is 2. The van der Waals surface area contributed by atoms with Crippen molar-refractivity contribution in [3.05, 3.63) is 107 Å². The van der Waals surface area contributed by atoms with Gasteiger partial charge >= 0.3 is 5.97 Å². The molecule has 6 heteroatoms. The van der Waals surface area contributed by atoms with Crippen molar-refractivity contribution in [1.29, 1.82) is 0 Å². The zero-order valence-electron chi connectivity index (χ0n) is 23.8. The largest absolute Gasteiger partial charge is 0.461 e. The highest BCUT2D eigenvalue weighted by molar-refractivity contribution is 5.95. The van der Waals surface area contributed by atoms with Crippen LogP contribution in [0.15, 0.2) is 84.9 Å². The number of hydrogen-bond acceptors (Lipinski definition) is 4. The van der Waals surface area contributed by atoms with Crippen molar-refractivity contribution >= 4 is 22.8 Å². The molecule has 1 fully saturated rings. The Morgan fingerprint density at radius 3 is 2.27 bits per heavy atom. The third-order valence-electron chi connectivity index (χ3n) is 8.33. The van der Waals surface area contributed by atoms with E-state index in [9.17, 15) is 14.7 Å². The maximum atomic E-state index is 13.9. The minimum absolute atomic E-state index is 0.0337. The SMILES string of the molecule is CCOC(=O)c1cc2ccccc2n1Cc1ccc([C@@H](C(=O)N[C@@H](CO)c2ccccc2)C2CCCCCC2)cc1.